The Labute approximate surface area is 117 Å². The van der Waals surface area contributed by atoms with Crippen molar-refractivity contribution in [2.75, 3.05) is 19.6 Å². The maximum absolute atomic E-state index is 12.8. The van der Waals surface area contributed by atoms with Crippen LogP contribution in [0.2, 0.25) is 0 Å². The Morgan fingerprint density at radius 1 is 1.32 bits per heavy atom. The second kappa shape index (κ2) is 6.23. The summed E-state index contributed by atoms with van der Waals surface area (Å²) in [6, 6.07) is 1.49. The van der Waals surface area contributed by atoms with Crippen LogP contribution in [0.15, 0.2) is 0 Å². The lowest BCUT2D eigenvalue weighted by atomic mass is 10.1. The number of likely N-dealkylation sites (N-methyl/N-ethyl adjacent to an activating group) is 1. The van der Waals surface area contributed by atoms with Gasteiger partial charge < -0.3 is 10.2 Å². The Kier molecular flexibility index (Phi) is 4.85. The van der Waals surface area contributed by atoms with Crippen LogP contribution < -0.4 is 5.32 Å². The van der Waals surface area contributed by atoms with Crippen molar-refractivity contribution in [3.8, 4) is 0 Å². The van der Waals surface area contributed by atoms with Gasteiger partial charge in [0, 0.05) is 31.2 Å². The Morgan fingerprint density at radius 2 is 1.95 bits per heavy atom. The number of likely N-dealkylation sites (tertiary alicyclic amines) is 1. The molecule has 4 atom stereocenters. The number of nitrogens with one attached hydrogen (secondary N) is 1. The fourth-order valence-electron chi connectivity index (χ4n) is 3.85. The van der Waals surface area contributed by atoms with E-state index in [4.69, 9.17) is 0 Å². The molecule has 0 saturated carbocycles. The van der Waals surface area contributed by atoms with E-state index in [2.05, 4.69) is 42.8 Å². The topological polar surface area (TPSA) is 35.6 Å². The molecular formula is C15H29N3O. The van der Waals surface area contributed by atoms with Crippen molar-refractivity contribution in [3.63, 3.8) is 0 Å². The molecule has 0 aliphatic carbocycles. The molecule has 2 rings (SSSR count). The van der Waals surface area contributed by atoms with Gasteiger partial charge in [0.05, 0.1) is 6.04 Å². The third-order valence-corrected chi connectivity index (χ3v) is 4.92. The molecule has 0 radical (unpaired) electrons. The number of rotatable bonds is 4. The maximum atomic E-state index is 12.8. The Balaban J connectivity index is 2.04. The number of amides is 1. The molecule has 0 aromatic heterocycles. The first-order valence-electron chi connectivity index (χ1n) is 7.84. The second-order valence-electron chi connectivity index (χ2n) is 6.17. The van der Waals surface area contributed by atoms with E-state index in [1.807, 2.05) is 0 Å². The summed E-state index contributed by atoms with van der Waals surface area (Å²) in [6.07, 6.45) is 3.53. The van der Waals surface area contributed by atoms with Crippen molar-refractivity contribution in [1.82, 2.24) is 15.1 Å². The van der Waals surface area contributed by atoms with Crippen LogP contribution >= 0.6 is 0 Å². The van der Waals surface area contributed by atoms with Gasteiger partial charge in [0.15, 0.2) is 0 Å². The first-order chi connectivity index (χ1) is 9.06. The third kappa shape index (κ3) is 2.95. The number of carbonyl (C=O) groups is 1. The van der Waals surface area contributed by atoms with E-state index >= 15 is 0 Å². The monoisotopic (exact) mass is 267 g/mol. The minimum absolute atomic E-state index is 0.0213. The molecule has 1 N–H and O–H groups in total. The molecule has 0 spiro atoms. The van der Waals surface area contributed by atoms with Gasteiger partial charge in [-0.25, -0.2) is 0 Å². The van der Waals surface area contributed by atoms with Crippen molar-refractivity contribution < 1.29 is 4.79 Å². The van der Waals surface area contributed by atoms with Gasteiger partial charge in [-0.15, -0.1) is 0 Å². The summed E-state index contributed by atoms with van der Waals surface area (Å²) in [4.78, 5) is 17.3. The molecule has 2 aliphatic heterocycles. The van der Waals surface area contributed by atoms with E-state index < -0.39 is 0 Å². The quantitative estimate of drug-likeness (QED) is 0.837. The molecule has 1 amide bonds. The molecule has 0 aromatic carbocycles. The summed E-state index contributed by atoms with van der Waals surface area (Å²) in [7, 11) is 0. The van der Waals surface area contributed by atoms with E-state index in [9.17, 15) is 4.79 Å². The zero-order valence-electron chi connectivity index (χ0n) is 12.9. The van der Waals surface area contributed by atoms with Crippen LogP contribution in [0.3, 0.4) is 0 Å². The van der Waals surface area contributed by atoms with Crippen LogP contribution in [-0.2, 0) is 4.79 Å². The Hall–Kier alpha value is -0.610. The van der Waals surface area contributed by atoms with Crippen molar-refractivity contribution in [2.24, 2.45) is 0 Å². The highest BCUT2D eigenvalue weighted by molar-refractivity contribution is 5.82. The lowest BCUT2D eigenvalue weighted by molar-refractivity contribution is -0.139. The van der Waals surface area contributed by atoms with E-state index in [-0.39, 0.29) is 6.04 Å². The van der Waals surface area contributed by atoms with E-state index in [0.29, 0.717) is 24.0 Å². The van der Waals surface area contributed by atoms with Crippen LogP contribution in [0.25, 0.3) is 0 Å². The molecule has 19 heavy (non-hydrogen) atoms. The molecule has 4 unspecified atom stereocenters. The van der Waals surface area contributed by atoms with Crippen molar-refractivity contribution in [2.45, 2.75) is 71.1 Å². The smallest absolute Gasteiger partial charge is 0.239 e. The van der Waals surface area contributed by atoms with Crippen LogP contribution in [0, 0.1) is 0 Å². The van der Waals surface area contributed by atoms with E-state index in [0.717, 1.165) is 26.1 Å². The number of carbonyl (C=O) groups excluding carboxylic acids is 1. The van der Waals surface area contributed by atoms with Crippen LogP contribution in [0.4, 0.5) is 0 Å². The standard InChI is InChI=1S/C15H29N3O/c1-5-17(14-8-9-16-10-14)15(19)13(4)18-11(2)6-7-12(18)3/h11-14,16H,5-10H2,1-4H3. The van der Waals surface area contributed by atoms with E-state index in [1.165, 1.54) is 12.8 Å². The Bertz CT molecular complexity index is 305. The van der Waals surface area contributed by atoms with E-state index in [1.54, 1.807) is 0 Å². The number of hydrogen-bond acceptors (Lipinski definition) is 3. The van der Waals surface area contributed by atoms with Crippen LogP contribution in [0.5, 0.6) is 0 Å². The summed E-state index contributed by atoms with van der Waals surface area (Å²) in [5, 5.41) is 3.36. The predicted octanol–water partition coefficient (Wildman–Crippen LogP) is 1.46. The number of nitrogens with zero attached hydrogens (tertiary/aromatic N) is 2. The van der Waals surface area contributed by atoms with Gasteiger partial charge in [-0.05, 0) is 53.5 Å². The zero-order chi connectivity index (χ0) is 14.0. The summed E-state index contributed by atoms with van der Waals surface area (Å²) < 4.78 is 0. The molecule has 2 heterocycles. The van der Waals surface area contributed by atoms with Gasteiger partial charge in [-0.2, -0.15) is 0 Å². The summed E-state index contributed by atoms with van der Waals surface area (Å²) >= 11 is 0. The first-order valence-corrected chi connectivity index (χ1v) is 7.84. The molecule has 0 aromatic rings. The third-order valence-electron chi connectivity index (χ3n) is 4.92. The predicted molar refractivity (Wildman–Crippen MR) is 78.1 cm³/mol. The van der Waals surface area contributed by atoms with Gasteiger partial charge in [0.1, 0.15) is 0 Å². The molecule has 0 bridgehead atoms. The van der Waals surface area contributed by atoms with Crippen LogP contribution in [-0.4, -0.2) is 59.5 Å². The molecule has 2 aliphatic rings. The van der Waals surface area contributed by atoms with Gasteiger partial charge in [-0.1, -0.05) is 0 Å². The molecule has 2 fully saturated rings. The maximum Gasteiger partial charge on any atom is 0.239 e. The fraction of sp³-hybridized carbons (Fsp3) is 0.933. The molecule has 110 valence electrons. The fourth-order valence-corrected chi connectivity index (χ4v) is 3.85. The molecule has 4 heteroatoms. The second-order valence-corrected chi connectivity index (χ2v) is 6.17. The van der Waals surface area contributed by atoms with Crippen LogP contribution in [0.1, 0.15) is 47.0 Å². The Morgan fingerprint density at radius 3 is 2.42 bits per heavy atom. The summed E-state index contributed by atoms with van der Waals surface area (Å²) in [5.41, 5.74) is 0. The lowest BCUT2D eigenvalue weighted by Crippen LogP contribution is -2.53. The summed E-state index contributed by atoms with van der Waals surface area (Å²) in [6.45, 7) is 11.5. The minimum Gasteiger partial charge on any atom is -0.337 e. The highest BCUT2D eigenvalue weighted by Crippen LogP contribution is 2.27. The SMILES string of the molecule is CCN(C(=O)C(C)N1C(C)CCC1C)C1CCNC1. The average Bonchev–Trinajstić information content (AvgIpc) is 3.00. The van der Waals surface area contributed by atoms with Gasteiger partial charge in [0.25, 0.3) is 0 Å². The highest BCUT2D eigenvalue weighted by Gasteiger charge is 2.37. The minimum atomic E-state index is 0.0213. The lowest BCUT2D eigenvalue weighted by Gasteiger charge is -2.37. The van der Waals surface area contributed by atoms with Crippen molar-refractivity contribution >= 4 is 5.91 Å². The van der Waals surface area contributed by atoms with Crippen molar-refractivity contribution in [3.05, 3.63) is 0 Å². The first kappa shape index (κ1) is 14.8. The number of hydrogen-bond donors (Lipinski definition) is 1. The highest BCUT2D eigenvalue weighted by atomic mass is 16.2. The van der Waals surface area contributed by atoms with Crippen molar-refractivity contribution in [1.29, 1.82) is 0 Å². The normalized spacial score (nSPS) is 33.6. The van der Waals surface area contributed by atoms with Gasteiger partial charge in [-0.3, -0.25) is 9.69 Å². The summed E-state index contributed by atoms with van der Waals surface area (Å²) in [5.74, 6) is 0.316. The molecule has 2 saturated heterocycles. The van der Waals surface area contributed by atoms with Gasteiger partial charge >= 0.3 is 0 Å². The molecular weight excluding hydrogens is 238 g/mol. The average molecular weight is 267 g/mol. The van der Waals surface area contributed by atoms with Gasteiger partial charge in [0.2, 0.25) is 5.91 Å². The zero-order valence-corrected chi connectivity index (χ0v) is 12.9. The molecule has 4 nitrogen and oxygen atoms in total. The largest absolute Gasteiger partial charge is 0.337 e.